The fourth-order valence-electron chi connectivity index (χ4n) is 2.21. The molecular weight excluding hydrogens is 299 g/mol. The van der Waals surface area contributed by atoms with Gasteiger partial charge in [0.25, 0.3) is 5.91 Å². The number of nitrogens with zero attached hydrogens (tertiary/aromatic N) is 1. The van der Waals surface area contributed by atoms with Gasteiger partial charge >= 0.3 is 0 Å². The van der Waals surface area contributed by atoms with Crippen LogP contribution in [0.4, 0.5) is 4.39 Å². The number of carbonyl (C=O) groups excluding carboxylic acids is 1. The zero-order valence-electron chi connectivity index (χ0n) is 10.0. The van der Waals surface area contributed by atoms with Crippen molar-refractivity contribution in [3.8, 4) is 0 Å². The van der Waals surface area contributed by atoms with Crippen LogP contribution in [0.25, 0.3) is 0 Å². The third-order valence-corrected chi connectivity index (χ3v) is 4.03. The minimum atomic E-state index is -0.483. The van der Waals surface area contributed by atoms with Crippen molar-refractivity contribution in [2.24, 2.45) is 11.7 Å². The number of rotatable bonds is 2. The van der Waals surface area contributed by atoms with E-state index < -0.39 is 5.82 Å². The molecule has 5 heteroatoms. The number of nitrogens with two attached hydrogens (primary N) is 1. The lowest BCUT2D eigenvalue weighted by Gasteiger charge is -2.31. The highest BCUT2D eigenvalue weighted by molar-refractivity contribution is 9.10. The first kappa shape index (κ1) is 13.5. The molecule has 0 unspecified atom stereocenters. The Morgan fingerprint density at radius 1 is 1.44 bits per heavy atom. The van der Waals surface area contributed by atoms with Gasteiger partial charge in [-0.3, -0.25) is 4.79 Å². The van der Waals surface area contributed by atoms with Crippen molar-refractivity contribution in [2.75, 3.05) is 19.6 Å². The highest BCUT2D eigenvalue weighted by Gasteiger charge is 2.25. The smallest absolute Gasteiger partial charge is 0.256 e. The molecule has 2 rings (SSSR count). The number of hydrogen-bond acceptors (Lipinski definition) is 2. The summed E-state index contributed by atoms with van der Waals surface area (Å²) in [6, 6.07) is 4.79. The fourth-order valence-corrected chi connectivity index (χ4v) is 2.58. The summed E-state index contributed by atoms with van der Waals surface area (Å²) < 4.78 is 14.2. The molecule has 0 bridgehead atoms. The molecule has 1 fully saturated rings. The van der Waals surface area contributed by atoms with Crippen LogP contribution in [-0.2, 0) is 0 Å². The minimum Gasteiger partial charge on any atom is -0.339 e. The molecule has 1 heterocycles. The molecule has 1 saturated heterocycles. The van der Waals surface area contributed by atoms with Crippen molar-refractivity contribution in [1.29, 1.82) is 0 Å². The zero-order valence-corrected chi connectivity index (χ0v) is 11.6. The van der Waals surface area contributed by atoms with Crippen molar-refractivity contribution < 1.29 is 9.18 Å². The van der Waals surface area contributed by atoms with Gasteiger partial charge in [0.15, 0.2) is 0 Å². The summed E-state index contributed by atoms with van der Waals surface area (Å²) in [5, 5.41) is 0. The van der Waals surface area contributed by atoms with E-state index in [0.29, 0.717) is 30.0 Å². The van der Waals surface area contributed by atoms with Crippen LogP contribution >= 0.6 is 15.9 Å². The number of halogens is 2. The zero-order chi connectivity index (χ0) is 13.1. The lowest BCUT2D eigenvalue weighted by atomic mass is 9.96. The van der Waals surface area contributed by atoms with Gasteiger partial charge in [0.2, 0.25) is 0 Å². The molecule has 0 spiro atoms. The van der Waals surface area contributed by atoms with Crippen LogP contribution in [0.1, 0.15) is 23.2 Å². The lowest BCUT2D eigenvalue weighted by molar-refractivity contribution is 0.0688. The molecule has 3 nitrogen and oxygen atoms in total. The Balaban J connectivity index is 2.10. The van der Waals surface area contributed by atoms with Crippen molar-refractivity contribution in [3.63, 3.8) is 0 Å². The third-order valence-electron chi connectivity index (χ3n) is 3.42. The van der Waals surface area contributed by atoms with Crippen LogP contribution in [0.5, 0.6) is 0 Å². The second kappa shape index (κ2) is 5.80. The van der Waals surface area contributed by atoms with E-state index in [0.717, 1.165) is 12.8 Å². The molecule has 1 aromatic rings. The quantitative estimate of drug-likeness (QED) is 0.911. The highest BCUT2D eigenvalue weighted by atomic mass is 79.9. The van der Waals surface area contributed by atoms with Gasteiger partial charge in [-0.05, 0) is 53.4 Å². The van der Waals surface area contributed by atoms with Crippen LogP contribution in [0.2, 0.25) is 0 Å². The van der Waals surface area contributed by atoms with Gasteiger partial charge in [0.05, 0.1) is 10.0 Å². The van der Waals surface area contributed by atoms with Gasteiger partial charge in [-0.25, -0.2) is 4.39 Å². The summed E-state index contributed by atoms with van der Waals surface area (Å²) in [6.07, 6.45) is 1.80. The standard InChI is InChI=1S/C13H16BrFN2O/c14-11-3-1-2-10(12(11)15)13(18)17-6-4-9(8-16)5-7-17/h1-3,9H,4-8,16H2. The number of piperidine rings is 1. The van der Waals surface area contributed by atoms with E-state index in [1.54, 1.807) is 17.0 Å². The van der Waals surface area contributed by atoms with Crippen LogP contribution in [0.15, 0.2) is 22.7 Å². The maximum atomic E-state index is 13.8. The summed E-state index contributed by atoms with van der Waals surface area (Å²) in [5.41, 5.74) is 5.75. The number of likely N-dealkylation sites (tertiary alicyclic amines) is 1. The van der Waals surface area contributed by atoms with Crippen molar-refractivity contribution in [1.82, 2.24) is 4.90 Å². The average molecular weight is 315 g/mol. The van der Waals surface area contributed by atoms with Gasteiger partial charge < -0.3 is 10.6 Å². The summed E-state index contributed by atoms with van der Waals surface area (Å²) in [7, 11) is 0. The van der Waals surface area contributed by atoms with Gasteiger partial charge in [0.1, 0.15) is 5.82 Å². The molecule has 0 radical (unpaired) electrons. The van der Waals surface area contributed by atoms with E-state index in [9.17, 15) is 9.18 Å². The first-order valence-electron chi connectivity index (χ1n) is 6.07. The molecule has 98 valence electrons. The normalized spacial score (nSPS) is 16.9. The molecule has 0 aromatic heterocycles. The molecule has 1 aromatic carbocycles. The van der Waals surface area contributed by atoms with Crippen molar-refractivity contribution in [3.05, 3.63) is 34.1 Å². The fraction of sp³-hybridized carbons (Fsp3) is 0.462. The summed E-state index contributed by atoms with van der Waals surface area (Å²) in [6.45, 7) is 1.98. The van der Waals surface area contributed by atoms with Gasteiger partial charge in [-0.1, -0.05) is 6.07 Å². The number of amides is 1. The third kappa shape index (κ3) is 2.72. The van der Waals surface area contributed by atoms with Crippen molar-refractivity contribution >= 4 is 21.8 Å². The monoisotopic (exact) mass is 314 g/mol. The summed E-state index contributed by atoms with van der Waals surface area (Å²) in [5.74, 6) is -0.228. The summed E-state index contributed by atoms with van der Waals surface area (Å²) >= 11 is 3.10. The van der Waals surface area contributed by atoms with Crippen LogP contribution in [0, 0.1) is 11.7 Å². The largest absolute Gasteiger partial charge is 0.339 e. The second-order valence-electron chi connectivity index (χ2n) is 4.57. The van der Waals surface area contributed by atoms with Gasteiger partial charge in [0, 0.05) is 13.1 Å². The van der Waals surface area contributed by atoms with E-state index in [2.05, 4.69) is 15.9 Å². The Morgan fingerprint density at radius 3 is 2.72 bits per heavy atom. The maximum absolute atomic E-state index is 13.8. The average Bonchev–Trinajstić information content (AvgIpc) is 2.41. The Morgan fingerprint density at radius 2 is 2.11 bits per heavy atom. The topological polar surface area (TPSA) is 46.3 Å². The van der Waals surface area contributed by atoms with E-state index in [1.165, 1.54) is 6.07 Å². The van der Waals surface area contributed by atoms with E-state index in [1.807, 2.05) is 0 Å². The van der Waals surface area contributed by atoms with Crippen LogP contribution < -0.4 is 5.73 Å². The summed E-state index contributed by atoms with van der Waals surface area (Å²) in [4.78, 5) is 13.9. The van der Waals surface area contributed by atoms with E-state index in [4.69, 9.17) is 5.73 Å². The predicted octanol–water partition coefficient (Wildman–Crippen LogP) is 2.40. The molecule has 0 saturated carbocycles. The van der Waals surface area contributed by atoms with Crippen molar-refractivity contribution in [2.45, 2.75) is 12.8 Å². The molecule has 18 heavy (non-hydrogen) atoms. The predicted molar refractivity (Wildman–Crippen MR) is 71.8 cm³/mol. The molecule has 1 aliphatic rings. The minimum absolute atomic E-state index is 0.135. The van der Waals surface area contributed by atoms with Gasteiger partial charge in [-0.15, -0.1) is 0 Å². The molecule has 0 atom stereocenters. The Labute approximate surface area is 114 Å². The number of hydrogen-bond donors (Lipinski definition) is 1. The maximum Gasteiger partial charge on any atom is 0.256 e. The van der Waals surface area contributed by atoms with Crippen LogP contribution in [0.3, 0.4) is 0 Å². The highest BCUT2D eigenvalue weighted by Crippen LogP contribution is 2.22. The molecule has 1 amide bonds. The number of carbonyl (C=O) groups is 1. The Hall–Kier alpha value is -0.940. The second-order valence-corrected chi connectivity index (χ2v) is 5.43. The van der Waals surface area contributed by atoms with E-state index in [-0.39, 0.29) is 11.5 Å². The van der Waals surface area contributed by atoms with E-state index >= 15 is 0 Å². The Kier molecular flexibility index (Phi) is 4.35. The molecule has 1 aliphatic heterocycles. The first-order valence-corrected chi connectivity index (χ1v) is 6.86. The SMILES string of the molecule is NCC1CCN(C(=O)c2cccc(Br)c2F)CC1. The van der Waals surface area contributed by atoms with Gasteiger partial charge in [-0.2, -0.15) is 0 Å². The lowest BCUT2D eigenvalue weighted by Crippen LogP contribution is -2.40. The Bertz CT molecular complexity index is 445. The molecule has 2 N–H and O–H groups in total. The molecule has 0 aliphatic carbocycles. The first-order chi connectivity index (χ1) is 8.63. The van der Waals surface area contributed by atoms with Crippen LogP contribution in [-0.4, -0.2) is 30.4 Å². The molecular formula is C13H16BrFN2O. The number of benzene rings is 1.